The first-order valence-corrected chi connectivity index (χ1v) is 11.6. The molecule has 0 spiro atoms. The van der Waals surface area contributed by atoms with E-state index < -0.39 is 26.4 Å². The maximum Gasteiger partial charge on any atom is 0.471 e. The lowest BCUT2D eigenvalue weighted by Crippen LogP contribution is -2.53. The third-order valence-electron chi connectivity index (χ3n) is 5.95. The minimum absolute atomic E-state index is 0.0749. The Morgan fingerprint density at radius 1 is 1.21 bits per heavy atom. The molecule has 1 amide bonds. The van der Waals surface area contributed by atoms with Gasteiger partial charge in [0.1, 0.15) is 0 Å². The zero-order valence-corrected chi connectivity index (χ0v) is 15.7. The molecule has 4 atom stereocenters. The third kappa shape index (κ3) is 4.14. The summed E-state index contributed by atoms with van der Waals surface area (Å²) < 4.78 is 44.2. The van der Waals surface area contributed by atoms with E-state index in [-0.39, 0.29) is 18.0 Å². The standard InChI is InChI=1S/C16H29F3N2O2Si/c1-4-24(5-2,6-3)23-10-13-14(21-15(22)16(17,18)19)11-8-7-9-12(11)20-13/h11-14,20H,4-10H2,1-3H3,(H,21,22)/t11-,12+,13-,14-/m0/s1. The number of fused-ring (bicyclic) bond motifs is 1. The molecule has 1 saturated heterocycles. The van der Waals surface area contributed by atoms with Crippen LogP contribution >= 0.6 is 0 Å². The molecule has 0 bridgehead atoms. The summed E-state index contributed by atoms with van der Waals surface area (Å²) in [6, 6.07) is 2.46. The lowest BCUT2D eigenvalue weighted by molar-refractivity contribution is -0.174. The van der Waals surface area contributed by atoms with Gasteiger partial charge in [-0.25, -0.2) is 0 Å². The molecule has 0 aromatic carbocycles. The first-order chi connectivity index (χ1) is 11.3. The van der Waals surface area contributed by atoms with Gasteiger partial charge < -0.3 is 15.1 Å². The molecule has 2 aliphatic rings. The van der Waals surface area contributed by atoms with E-state index in [4.69, 9.17) is 4.43 Å². The molecule has 2 N–H and O–H groups in total. The van der Waals surface area contributed by atoms with Crippen molar-refractivity contribution in [3.05, 3.63) is 0 Å². The maximum atomic E-state index is 12.7. The number of hydrogen-bond donors (Lipinski definition) is 2. The van der Waals surface area contributed by atoms with E-state index in [9.17, 15) is 18.0 Å². The number of carbonyl (C=O) groups excluding carboxylic acids is 1. The smallest absolute Gasteiger partial charge is 0.415 e. The highest BCUT2D eigenvalue weighted by atomic mass is 28.4. The molecule has 24 heavy (non-hydrogen) atoms. The van der Waals surface area contributed by atoms with Gasteiger partial charge in [0.2, 0.25) is 0 Å². The Morgan fingerprint density at radius 3 is 2.38 bits per heavy atom. The Balaban J connectivity index is 2.05. The predicted octanol–water partition coefficient (Wildman–Crippen LogP) is 3.20. The second kappa shape index (κ2) is 7.74. The van der Waals surface area contributed by atoms with Gasteiger partial charge in [-0.1, -0.05) is 27.2 Å². The molecule has 1 saturated carbocycles. The van der Waals surface area contributed by atoms with Gasteiger partial charge in [0, 0.05) is 6.04 Å². The molecule has 2 rings (SSSR count). The van der Waals surface area contributed by atoms with Crippen LogP contribution in [0.25, 0.3) is 0 Å². The molecule has 0 unspecified atom stereocenters. The molecule has 1 aliphatic heterocycles. The van der Waals surface area contributed by atoms with Gasteiger partial charge in [0.05, 0.1) is 18.7 Å². The predicted molar refractivity (Wildman–Crippen MR) is 89.2 cm³/mol. The summed E-state index contributed by atoms with van der Waals surface area (Å²) in [5, 5.41) is 5.66. The SMILES string of the molecule is CC[Si](CC)(CC)OC[C@@H]1N[C@@H]2CCC[C@@H]2[C@@H]1NC(=O)C(F)(F)F. The molecular formula is C16H29F3N2O2Si. The average molecular weight is 366 g/mol. The van der Waals surface area contributed by atoms with Crippen LogP contribution in [-0.2, 0) is 9.22 Å². The quantitative estimate of drug-likeness (QED) is 0.681. The van der Waals surface area contributed by atoms with Crippen molar-refractivity contribution in [2.45, 2.75) is 82.5 Å². The molecule has 1 aliphatic carbocycles. The highest BCUT2D eigenvalue weighted by molar-refractivity contribution is 6.73. The largest absolute Gasteiger partial charge is 0.471 e. The van der Waals surface area contributed by atoms with Crippen LogP contribution in [0.5, 0.6) is 0 Å². The summed E-state index contributed by atoms with van der Waals surface area (Å²) >= 11 is 0. The molecule has 2 fully saturated rings. The van der Waals surface area contributed by atoms with Crippen molar-refractivity contribution in [3.63, 3.8) is 0 Å². The van der Waals surface area contributed by atoms with Crippen molar-refractivity contribution < 1.29 is 22.4 Å². The van der Waals surface area contributed by atoms with Crippen molar-refractivity contribution in [1.82, 2.24) is 10.6 Å². The van der Waals surface area contributed by atoms with Gasteiger partial charge in [-0.2, -0.15) is 13.2 Å². The van der Waals surface area contributed by atoms with Gasteiger partial charge in [-0.05, 0) is 36.9 Å². The zero-order valence-electron chi connectivity index (χ0n) is 14.7. The monoisotopic (exact) mass is 366 g/mol. The molecule has 8 heteroatoms. The lowest BCUT2D eigenvalue weighted by Gasteiger charge is -2.32. The van der Waals surface area contributed by atoms with Gasteiger partial charge in [0.25, 0.3) is 0 Å². The lowest BCUT2D eigenvalue weighted by atomic mass is 9.95. The highest BCUT2D eigenvalue weighted by Gasteiger charge is 2.49. The number of amides is 1. The number of nitrogens with one attached hydrogen (secondary N) is 2. The normalized spacial score (nSPS) is 30.4. The zero-order chi connectivity index (χ0) is 18.0. The van der Waals surface area contributed by atoms with E-state index in [0.717, 1.165) is 37.4 Å². The van der Waals surface area contributed by atoms with E-state index in [0.29, 0.717) is 6.61 Å². The van der Waals surface area contributed by atoms with Crippen LogP contribution in [0, 0.1) is 5.92 Å². The molecule has 0 aromatic rings. The van der Waals surface area contributed by atoms with Crippen molar-refractivity contribution in [3.8, 4) is 0 Å². The minimum Gasteiger partial charge on any atom is -0.415 e. The molecule has 4 nitrogen and oxygen atoms in total. The van der Waals surface area contributed by atoms with Gasteiger partial charge in [0.15, 0.2) is 8.32 Å². The van der Waals surface area contributed by atoms with Crippen LogP contribution < -0.4 is 10.6 Å². The Hall–Kier alpha value is -0.603. The summed E-state index contributed by atoms with van der Waals surface area (Å²) in [5.41, 5.74) is 0. The second-order valence-electron chi connectivity index (χ2n) is 7.03. The van der Waals surface area contributed by atoms with E-state index in [1.54, 1.807) is 0 Å². The average Bonchev–Trinajstić information content (AvgIpc) is 3.11. The number of alkyl halides is 3. The van der Waals surface area contributed by atoms with Crippen molar-refractivity contribution >= 4 is 14.2 Å². The minimum atomic E-state index is -4.84. The fraction of sp³-hybridized carbons (Fsp3) is 0.938. The number of halogens is 3. The van der Waals surface area contributed by atoms with Crippen molar-refractivity contribution in [2.24, 2.45) is 5.92 Å². The number of carbonyl (C=O) groups is 1. The molecule has 1 heterocycles. The fourth-order valence-electron chi connectivity index (χ4n) is 4.22. The van der Waals surface area contributed by atoms with Gasteiger partial charge in [-0.15, -0.1) is 0 Å². The van der Waals surface area contributed by atoms with Crippen LogP contribution in [0.1, 0.15) is 40.0 Å². The highest BCUT2D eigenvalue weighted by Crippen LogP contribution is 2.36. The summed E-state index contributed by atoms with van der Waals surface area (Å²) in [5.74, 6) is -1.76. The first-order valence-electron chi connectivity index (χ1n) is 9.04. The summed E-state index contributed by atoms with van der Waals surface area (Å²) in [7, 11) is -1.80. The van der Waals surface area contributed by atoms with Crippen molar-refractivity contribution in [2.75, 3.05) is 6.61 Å². The van der Waals surface area contributed by atoms with Crippen LogP contribution in [0.4, 0.5) is 13.2 Å². The summed E-state index contributed by atoms with van der Waals surface area (Å²) in [6.07, 6.45) is -2.03. The molecular weight excluding hydrogens is 337 g/mol. The summed E-state index contributed by atoms with van der Waals surface area (Å²) in [4.78, 5) is 11.4. The molecule has 0 aromatic heterocycles. The van der Waals surface area contributed by atoms with Crippen LogP contribution in [0.2, 0.25) is 18.1 Å². The van der Waals surface area contributed by atoms with Crippen LogP contribution in [0.3, 0.4) is 0 Å². The second-order valence-corrected chi connectivity index (χ2v) is 11.8. The van der Waals surface area contributed by atoms with Crippen LogP contribution in [0.15, 0.2) is 0 Å². The van der Waals surface area contributed by atoms with E-state index >= 15 is 0 Å². The van der Waals surface area contributed by atoms with Gasteiger partial charge in [-0.3, -0.25) is 4.79 Å². The Labute approximate surface area is 143 Å². The fourth-order valence-corrected chi connectivity index (χ4v) is 6.86. The van der Waals surface area contributed by atoms with E-state index in [2.05, 4.69) is 31.4 Å². The van der Waals surface area contributed by atoms with E-state index in [1.165, 1.54) is 0 Å². The Morgan fingerprint density at radius 2 is 1.83 bits per heavy atom. The maximum absolute atomic E-state index is 12.7. The molecule has 0 radical (unpaired) electrons. The Kier molecular flexibility index (Phi) is 6.36. The third-order valence-corrected chi connectivity index (χ3v) is 10.6. The van der Waals surface area contributed by atoms with Crippen LogP contribution in [-0.4, -0.2) is 45.1 Å². The topological polar surface area (TPSA) is 50.4 Å². The van der Waals surface area contributed by atoms with Gasteiger partial charge >= 0.3 is 12.1 Å². The number of hydrogen-bond acceptors (Lipinski definition) is 3. The van der Waals surface area contributed by atoms with Crippen molar-refractivity contribution in [1.29, 1.82) is 0 Å². The van der Waals surface area contributed by atoms with E-state index in [1.807, 2.05) is 0 Å². The number of rotatable bonds is 7. The molecule has 140 valence electrons. The Bertz CT molecular complexity index is 435. The first kappa shape index (κ1) is 19.7. The summed E-state index contributed by atoms with van der Waals surface area (Å²) in [6.45, 7) is 6.76.